The minimum absolute atomic E-state index is 0.121. The van der Waals surface area contributed by atoms with E-state index in [4.69, 9.17) is 9.47 Å². The van der Waals surface area contributed by atoms with E-state index in [0.29, 0.717) is 117 Å². The van der Waals surface area contributed by atoms with Crippen LogP contribution in [-0.2, 0) is 55.0 Å². The number of alkyl halides is 6. The lowest BCUT2D eigenvalue weighted by molar-refractivity contribution is -0.138. The van der Waals surface area contributed by atoms with Crippen LogP contribution in [0.15, 0.2) is 171 Å². The van der Waals surface area contributed by atoms with Crippen molar-refractivity contribution >= 4 is 51.8 Å². The maximum Gasteiger partial charge on any atom is 0.416 e. The summed E-state index contributed by atoms with van der Waals surface area (Å²) in [5, 5.41) is 36.9. The van der Waals surface area contributed by atoms with Crippen LogP contribution in [0.1, 0.15) is 133 Å². The van der Waals surface area contributed by atoms with Gasteiger partial charge >= 0.3 is 12.4 Å². The highest BCUT2D eigenvalue weighted by molar-refractivity contribution is 7.15. The molecule has 3 aliphatic heterocycles. The number of pyridine rings is 2. The average Bonchev–Trinajstić information content (AvgIpc) is 1.79. The van der Waals surface area contributed by atoms with E-state index >= 15 is 0 Å². The minimum Gasteiger partial charge on any atom is -0.492 e. The summed E-state index contributed by atoms with van der Waals surface area (Å²) in [5.74, 6) is -1.26. The Hall–Kier alpha value is -11.9. The Kier molecular flexibility index (Phi) is 23.4. The maximum atomic E-state index is 14.5. The predicted octanol–water partition coefficient (Wildman–Crippen LogP) is 15.7. The molecular weight excluding hydrogens is 1530 g/mol. The van der Waals surface area contributed by atoms with Crippen LogP contribution >= 0.6 is 11.3 Å². The molecule has 3 N–H and O–H groups in total. The highest BCUT2D eigenvalue weighted by Crippen LogP contribution is 2.37. The molecule has 0 saturated carbocycles. The number of benzene rings is 6. The van der Waals surface area contributed by atoms with Crippen molar-refractivity contribution < 1.29 is 50.2 Å². The summed E-state index contributed by atoms with van der Waals surface area (Å²) in [7, 11) is 3.99. The fourth-order valence-electron chi connectivity index (χ4n) is 14.9. The molecule has 6 aromatic carbocycles. The lowest BCUT2D eigenvalue weighted by Gasteiger charge is -2.34. The van der Waals surface area contributed by atoms with E-state index in [9.17, 15) is 40.7 Å². The van der Waals surface area contributed by atoms with E-state index < -0.39 is 41.4 Å². The molecule has 3 aliphatic rings. The van der Waals surface area contributed by atoms with Gasteiger partial charge in [-0.1, -0.05) is 60.7 Å². The predicted molar refractivity (Wildman–Crippen MR) is 434 cm³/mol. The zero-order valence-electron chi connectivity index (χ0n) is 65.6. The van der Waals surface area contributed by atoms with Gasteiger partial charge in [-0.05, 0) is 221 Å². The van der Waals surface area contributed by atoms with E-state index in [2.05, 4.69) is 108 Å². The molecule has 9 heterocycles. The van der Waals surface area contributed by atoms with Crippen LogP contribution in [0.25, 0.3) is 50.1 Å². The summed E-state index contributed by atoms with van der Waals surface area (Å²) >= 11 is 1.45. The zero-order valence-corrected chi connectivity index (χ0v) is 66.5. The molecule has 0 bridgehead atoms. The Balaban J connectivity index is 0.664. The number of aromatic nitrogens is 12. The molecule has 117 heavy (non-hydrogen) atoms. The third kappa shape index (κ3) is 19.6. The molecule has 0 aliphatic carbocycles. The molecule has 31 heteroatoms. The molecule has 1 unspecified atom stereocenters. The standard InChI is InChI=1S/C86H87F6N19O5S/c1-53-12-15-68(96-81(112)60-26-55(46-105(6)7)29-65(32-60)84(3,4)5)38-77(53)109-50-75(100-102-109)64-37-72(44-94-42-64)115-24-18-58-13-16-69(97-82(113)61-27-56(47-106-19-8-9-20-106)30-66(33-61)85(87,88)89)39-78(58)110-51-74(99-103-110)63-35-71(43-93-41-63)108-23-25-116-73(49-108)36-59-14-17-70(40-79(59)111-52-76(101-104-111)80-45-95-54(2)117-80)98-83(114)62-28-57(48-107-21-10-11-22-107)31-67(34-62)86(90,91)92/h12-17,26-35,37-45,50-52,73H,8-11,18-25,36,46-49H2,1-7H3,(H,96,112)(H,97,113)(H,98,114). The second-order valence-corrected chi connectivity index (χ2v) is 32.5. The van der Waals surface area contributed by atoms with Crippen LogP contribution in [0.2, 0.25) is 0 Å². The molecule has 12 aromatic rings. The van der Waals surface area contributed by atoms with Gasteiger partial charge in [0.15, 0.2) is 0 Å². The second kappa shape index (κ2) is 34.1. The number of carbonyl (C=O) groups is 3. The number of carbonyl (C=O) groups excluding carboxylic acids is 3. The van der Waals surface area contributed by atoms with E-state index in [1.165, 1.54) is 23.5 Å². The van der Waals surface area contributed by atoms with Crippen LogP contribution in [0.3, 0.4) is 0 Å². The molecule has 3 saturated heterocycles. The van der Waals surface area contributed by atoms with Gasteiger partial charge in [0.2, 0.25) is 0 Å². The lowest BCUT2D eigenvalue weighted by Crippen LogP contribution is -2.43. The Morgan fingerprint density at radius 1 is 0.547 bits per heavy atom. The van der Waals surface area contributed by atoms with E-state index in [1.54, 1.807) is 100 Å². The molecule has 3 fully saturated rings. The molecule has 0 spiro atoms. The lowest BCUT2D eigenvalue weighted by atomic mass is 9.85. The van der Waals surface area contributed by atoms with Crippen LogP contribution in [0.5, 0.6) is 5.75 Å². The summed E-state index contributed by atoms with van der Waals surface area (Å²) in [4.78, 5) is 64.9. The number of morpholine rings is 1. The van der Waals surface area contributed by atoms with Crippen molar-refractivity contribution in [3.8, 4) is 55.9 Å². The van der Waals surface area contributed by atoms with Gasteiger partial charge in [0.1, 0.15) is 22.8 Å². The van der Waals surface area contributed by atoms with Crippen LogP contribution in [-0.4, -0.2) is 165 Å². The van der Waals surface area contributed by atoms with Crippen molar-refractivity contribution in [2.24, 2.45) is 0 Å². The summed E-state index contributed by atoms with van der Waals surface area (Å²) in [6.07, 6.45) is 8.27. The SMILES string of the molecule is Cc1ncc(-c2cn(-c3cc(NC(=O)c4cc(CN5CCCC5)cc(C(F)(F)F)c4)ccc3CC3CN(c4cncc(-c5cn(-c6cc(NC(=O)c7cc(CN8CCCC8)cc(C(F)(F)F)c7)ccc6CCOc6cncc(-c7cn(-c8cc(NC(=O)c9cc(CN(C)C)cc(C(C)(C)C)c9)ccc8C)nn7)c6)nn5)c4)CCO3)nn2)s1. The van der Waals surface area contributed by atoms with Crippen molar-refractivity contribution in [1.29, 1.82) is 0 Å². The number of hydrogen-bond donors (Lipinski definition) is 3. The van der Waals surface area contributed by atoms with Crippen LogP contribution < -0.4 is 25.6 Å². The van der Waals surface area contributed by atoms with Crippen molar-refractivity contribution in [2.75, 3.05) is 87.4 Å². The van der Waals surface area contributed by atoms with Crippen molar-refractivity contribution in [2.45, 2.75) is 117 Å². The number of nitrogens with zero attached hydrogens (tertiary/aromatic N) is 16. The fourth-order valence-corrected chi connectivity index (χ4v) is 15.6. The number of amides is 3. The second-order valence-electron chi connectivity index (χ2n) is 31.2. The molecule has 15 rings (SSSR count). The number of nitrogens with one attached hydrogen (secondary N) is 3. The first-order valence-electron chi connectivity index (χ1n) is 38.7. The van der Waals surface area contributed by atoms with Gasteiger partial charge in [0.05, 0.1) is 94.1 Å². The molecule has 0 radical (unpaired) electrons. The van der Waals surface area contributed by atoms with Gasteiger partial charge < -0.3 is 35.2 Å². The van der Waals surface area contributed by atoms with Gasteiger partial charge in [-0.3, -0.25) is 34.2 Å². The molecule has 1 atom stereocenters. The van der Waals surface area contributed by atoms with Crippen molar-refractivity contribution in [1.82, 2.24) is 74.6 Å². The van der Waals surface area contributed by atoms with Gasteiger partial charge in [0, 0.05) is 109 Å². The minimum atomic E-state index is -4.70. The Morgan fingerprint density at radius 3 is 1.60 bits per heavy atom. The Morgan fingerprint density at radius 2 is 1.04 bits per heavy atom. The highest BCUT2D eigenvalue weighted by Gasteiger charge is 2.35. The normalized spacial score (nSPS) is 15.0. The number of aryl methyl sites for hydroxylation is 2. The summed E-state index contributed by atoms with van der Waals surface area (Å²) < 4.78 is 104. The number of halogens is 6. The first kappa shape index (κ1) is 80.3. The maximum absolute atomic E-state index is 14.5. The molecule has 3 amide bonds. The third-order valence-electron chi connectivity index (χ3n) is 20.9. The number of thiazole rings is 1. The molecule has 24 nitrogen and oxygen atoms in total. The average molecular weight is 1610 g/mol. The quantitative estimate of drug-likeness (QED) is 0.0450. The van der Waals surface area contributed by atoms with Gasteiger partial charge in [-0.2, -0.15) is 26.3 Å². The number of ether oxygens (including phenoxy) is 2. The Labute approximate surface area is 675 Å². The Bertz CT molecular complexity index is 5640. The van der Waals surface area contributed by atoms with Crippen molar-refractivity contribution in [3.05, 3.63) is 243 Å². The highest BCUT2D eigenvalue weighted by atomic mass is 32.1. The number of rotatable bonds is 25. The third-order valence-corrected chi connectivity index (χ3v) is 21.8. The number of hydrogen-bond acceptors (Lipinski definition) is 19. The largest absolute Gasteiger partial charge is 0.492 e. The van der Waals surface area contributed by atoms with Gasteiger partial charge in [-0.15, -0.1) is 26.6 Å². The van der Waals surface area contributed by atoms with Crippen LogP contribution in [0.4, 0.5) is 49.1 Å². The zero-order chi connectivity index (χ0) is 81.9. The van der Waals surface area contributed by atoms with Crippen LogP contribution in [0, 0.1) is 13.8 Å². The molecule has 6 aromatic heterocycles. The number of anilines is 4. The first-order valence-corrected chi connectivity index (χ1v) is 39.5. The fraction of sp³-hybridized carbons (Fsp3) is 0.326. The molecular formula is C86H87F6N19O5S. The summed E-state index contributed by atoms with van der Waals surface area (Å²) in [5.41, 5.74) is 9.91. The smallest absolute Gasteiger partial charge is 0.416 e. The number of likely N-dealkylation sites (tertiary alicyclic amines) is 2. The van der Waals surface area contributed by atoms with E-state index in [1.807, 2.05) is 70.4 Å². The first-order chi connectivity index (χ1) is 56.1. The summed E-state index contributed by atoms with van der Waals surface area (Å²) in [6, 6.07) is 32.8. The van der Waals surface area contributed by atoms with Gasteiger partial charge in [0.25, 0.3) is 17.7 Å². The monoisotopic (exact) mass is 1610 g/mol. The van der Waals surface area contributed by atoms with Crippen molar-refractivity contribution in [3.63, 3.8) is 0 Å². The summed E-state index contributed by atoms with van der Waals surface area (Å²) in [6.45, 7) is 15.8. The van der Waals surface area contributed by atoms with E-state index in [0.717, 1.165) is 114 Å². The van der Waals surface area contributed by atoms with E-state index in [-0.39, 0.29) is 54.3 Å². The van der Waals surface area contributed by atoms with Gasteiger partial charge in [-0.25, -0.2) is 19.0 Å². The topological polar surface area (TPSA) is 250 Å². The molecule has 604 valence electrons.